The quantitative estimate of drug-likeness (QED) is 0.629. The van der Waals surface area contributed by atoms with E-state index in [9.17, 15) is 8.42 Å². The van der Waals surface area contributed by atoms with Crippen molar-refractivity contribution < 1.29 is 8.42 Å². The molecule has 30 heavy (non-hydrogen) atoms. The maximum atomic E-state index is 13.1. The van der Waals surface area contributed by atoms with Gasteiger partial charge in [0.1, 0.15) is 5.82 Å². The highest BCUT2D eigenvalue weighted by Gasteiger charge is 2.30. The first-order valence-electron chi connectivity index (χ1n) is 10.1. The first kappa shape index (κ1) is 20.7. The molecular weight excluding hydrogens is 398 g/mol. The molecular formula is C22H27N5O2S. The van der Waals surface area contributed by atoms with E-state index in [4.69, 9.17) is 0 Å². The Labute approximate surface area is 178 Å². The molecule has 0 unspecified atom stereocenters. The maximum absolute atomic E-state index is 13.1. The summed E-state index contributed by atoms with van der Waals surface area (Å²) in [5, 5.41) is 4.55. The molecule has 0 aliphatic carbocycles. The van der Waals surface area contributed by atoms with E-state index in [2.05, 4.69) is 15.0 Å². The first-order valence-corrected chi connectivity index (χ1v) is 11.6. The molecule has 1 aliphatic heterocycles. The van der Waals surface area contributed by atoms with Gasteiger partial charge >= 0.3 is 0 Å². The Balaban J connectivity index is 1.47. The molecule has 2 aromatic carbocycles. The van der Waals surface area contributed by atoms with Gasteiger partial charge in [-0.2, -0.15) is 9.40 Å². The Hall–Kier alpha value is -2.55. The summed E-state index contributed by atoms with van der Waals surface area (Å²) < 4.78 is 29.8. The van der Waals surface area contributed by atoms with Crippen molar-refractivity contribution in [3.63, 3.8) is 0 Å². The van der Waals surface area contributed by atoms with Gasteiger partial charge in [0.2, 0.25) is 10.0 Å². The lowest BCUT2D eigenvalue weighted by atomic mass is 10.2. The number of sulfonamides is 1. The summed E-state index contributed by atoms with van der Waals surface area (Å²) >= 11 is 0. The van der Waals surface area contributed by atoms with Crippen molar-refractivity contribution in [1.29, 1.82) is 0 Å². The number of rotatable bonds is 5. The maximum Gasteiger partial charge on any atom is 0.243 e. The van der Waals surface area contributed by atoms with Crippen molar-refractivity contribution in [2.24, 2.45) is 0 Å². The highest BCUT2D eigenvalue weighted by molar-refractivity contribution is 7.89. The molecule has 3 aromatic rings. The van der Waals surface area contributed by atoms with Gasteiger partial charge in [0.25, 0.3) is 0 Å². The van der Waals surface area contributed by atoms with Gasteiger partial charge in [-0.05, 0) is 38.0 Å². The molecule has 1 aliphatic rings. The van der Waals surface area contributed by atoms with E-state index in [1.165, 1.54) is 0 Å². The van der Waals surface area contributed by atoms with Crippen LogP contribution in [0.25, 0.3) is 11.4 Å². The summed E-state index contributed by atoms with van der Waals surface area (Å²) in [4.78, 5) is 7.21. The lowest BCUT2D eigenvalue weighted by Crippen LogP contribution is -2.49. The summed E-state index contributed by atoms with van der Waals surface area (Å²) in [7, 11) is -3.49. The van der Waals surface area contributed by atoms with Crippen molar-refractivity contribution >= 4 is 10.0 Å². The molecule has 158 valence electrons. The molecule has 0 bridgehead atoms. The van der Waals surface area contributed by atoms with E-state index in [1.54, 1.807) is 10.4 Å². The minimum Gasteiger partial charge on any atom is -0.282 e. The topological polar surface area (TPSA) is 71.3 Å². The molecule has 1 aromatic heterocycles. The molecule has 7 nitrogen and oxygen atoms in total. The lowest BCUT2D eigenvalue weighted by molar-refractivity contribution is 0.146. The van der Waals surface area contributed by atoms with Crippen molar-refractivity contribution in [1.82, 2.24) is 24.0 Å². The Morgan fingerprint density at radius 3 is 2.33 bits per heavy atom. The van der Waals surface area contributed by atoms with Crippen LogP contribution >= 0.6 is 0 Å². The molecule has 1 fully saturated rings. The number of benzene rings is 2. The minimum absolute atomic E-state index is 0.411. The second kappa shape index (κ2) is 8.29. The summed E-state index contributed by atoms with van der Waals surface area (Å²) in [5.41, 5.74) is 2.76. The molecule has 0 saturated carbocycles. The van der Waals surface area contributed by atoms with E-state index >= 15 is 0 Å². The molecule has 4 rings (SSSR count). The third-order valence-corrected chi connectivity index (χ3v) is 7.48. The highest BCUT2D eigenvalue weighted by atomic mass is 32.2. The first-order chi connectivity index (χ1) is 14.3. The second-order valence-corrected chi connectivity index (χ2v) is 9.69. The fourth-order valence-corrected chi connectivity index (χ4v) is 5.51. The SMILES string of the molecule is Cc1ccc(C)c(S(=O)(=O)N2CCN(Cn3nc(C)nc3-c3ccccc3)CC2)c1. The van der Waals surface area contributed by atoms with Crippen molar-refractivity contribution in [2.75, 3.05) is 26.2 Å². The predicted molar refractivity (Wildman–Crippen MR) is 116 cm³/mol. The van der Waals surface area contributed by atoms with Crippen LogP contribution in [0.1, 0.15) is 17.0 Å². The van der Waals surface area contributed by atoms with Crippen LogP contribution in [0.2, 0.25) is 0 Å². The van der Waals surface area contributed by atoms with E-state index in [-0.39, 0.29) is 0 Å². The summed E-state index contributed by atoms with van der Waals surface area (Å²) in [6, 6.07) is 15.6. The van der Waals surface area contributed by atoms with Gasteiger partial charge in [-0.25, -0.2) is 18.1 Å². The molecule has 1 saturated heterocycles. The van der Waals surface area contributed by atoms with Crippen LogP contribution in [0.3, 0.4) is 0 Å². The van der Waals surface area contributed by atoms with Crippen LogP contribution in [0.15, 0.2) is 53.4 Å². The largest absolute Gasteiger partial charge is 0.282 e. The number of nitrogens with zero attached hydrogens (tertiary/aromatic N) is 5. The lowest BCUT2D eigenvalue weighted by Gasteiger charge is -2.34. The average molecular weight is 426 g/mol. The molecule has 0 radical (unpaired) electrons. The average Bonchev–Trinajstić information content (AvgIpc) is 3.11. The van der Waals surface area contributed by atoms with E-state index in [1.807, 2.05) is 67.9 Å². The molecule has 2 heterocycles. The zero-order valence-electron chi connectivity index (χ0n) is 17.6. The Morgan fingerprint density at radius 1 is 0.933 bits per heavy atom. The number of aromatic nitrogens is 3. The monoisotopic (exact) mass is 425 g/mol. The van der Waals surface area contributed by atoms with Crippen LogP contribution in [0.4, 0.5) is 0 Å². The van der Waals surface area contributed by atoms with Crippen molar-refractivity contribution in [3.05, 3.63) is 65.5 Å². The van der Waals surface area contributed by atoms with Gasteiger partial charge in [-0.3, -0.25) is 4.90 Å². The van der Waals surface area contributed by atoms with Gasteiger partial charge in [0, 0.05) is 31.7 Å². The summed E-state index contributed by atoms with van der Waals surface area (Å²) in [6.07, 6.45) is 0. The molecule has 0 amide bonds. The van der Waals surface area contributed by atoms with Crippen molar-refractivity contribution in [2.45, 2.75) is 32.3 Å². The predicted octanol–water partition coefficient (Wildman–Crippen LogP) is 2.83. The van der Waals surface area contributed by atoms with E-state index < -0.39 is 10.0 Å². The fourth-order valence-electron chi connectivity index (χ4n) is 3.78. The van der Waals surface area contributed by atoms with Crippen LogP contribution in [0.5, 0.6) is 0 Å². The second-order valence-electron chi connectivity index (χ2n) is 7.78. The van der Waals surface area contributed by atoms with Gasteiger partial charge in [0.15, 0.2) is 5.82 Å². The third kappa shape index (κ3) is 4.16. The molecule has 0 N–H and O–H groups in total. The summed E-state index contributed by atoms with van der Waals surface area (Å²) in [6.45, 7) is 8.46. The molecule has 0 spiro atoms. The van der Waals surface area contributed by atoms with Crippen LogP contribution < -0.4 is 0 Å². The fraction of sp³-hybridized carbons (Fsp3) is 0.364. The normalized spacial score (nSPS) is 16.1. The molecule has 0 atom stereocenters. The van der Waals surface area contributed by atoms with E-state index in [0.717, 1.165) is 28.3 Å². The Morgan fingerprint density at radius 2 is 1.63 bits per heavy atom. The number of piperazine rings is 1. The van der Waals surface area contributed by atoms with Crippen LogP contribution in [-0.2, 0) is 16.7 Å². The van der Waals surface area contributed by atoms with Gasteiger partial charge < -0.3 is 0 Å². The third-order valence-electron chi connectivity index (χ3n) is 5.44. The smallest absolute Gasteiger partial charge is 0.243 e. The van der Waals surface area contributed by atoms with Gasteiger partial charge in [0.05, 0.1) is 11.6 Å². The highest BCUT2D eigenvalue weighted by Crippen LogP contribution is 2.23. The van der Waals surface area contributed by atoms with Crippen molar-refractivity contribution in [3.8, 4) is 11.4 Å². The summed E-state index contributed by atoms with van der Waals surface area (Å²) in [5.74, 6) is 1.56. The Bertz CT molecular complexity index is 1130. The number of aryl methyl sites for hydroxylation is 3. The van der Waals surface area contributed by atoms with E-state index in [0.29, 0.717) is 37.7 Å². The molecule has 8 heteroatoms. The zero-order valence-corrected chi connectivity index (χ0v) is 18.4. The minimum atomic E-state index is -3.49. The standard InChI is InChI=1S/C22H27N5O2S/c1-17-9-10-18(2)21(15-17)30(28,29)26-13-11-25(12-14-26)16-27-22(23-19(3)24-27)20-7-5-4-6-8-20/h4-10,15H,11-14,16H2,1-3H3. The zero-order chi connectivity index (χ0) is 21.3. The van der Waals surface area contributed by atoms with Gasteiger partial charge in [-0.15, -0.1) is 0 Å². The van der Waals surface area contributed by atoms with Crippen LogP contribution in [-0.4, -0.2) is 58.6 Å². The number of hydrogen-bond acceptors (Lipinski definition) is 5. The number of hydrogen-bond donors (Lipinski definition) is 0. The van der Waals surface area contributed by atoms with Gasteiger partial charge in [-0.1, -0.05) is 42.5 Å². The van der Waals surface area contributed by atoms with Crippen LogP contribution in [0, 0.1) is 20.8 Å². The Kier molecular flexibility index (Phi) is 5.73.